The molecule has 2 heterocycles. The zero-order valence-electron chi connectivity index (χ0n) is 15.1. The summed E-state index contributed by atoms with van der Waals surface area (Å²) in [5.41, 5.74) is 1.97. The Morgan fingerprint density at radius 2 is 1.93 bits per heavy atom. The Bertz CT molecular complexity index is 1070. The SMILES string of the molecule is CCNS(=O)(=O)c1ccc(C(=O)Nc2nc(-c3cc(C)oc3C)cs2)cc1. The zero-order chi connectivity index (χ0) is 19.6. The summed E-state index contributed by atoms with van der Waals surface area (Å²) in [5.74, 6) is 1.21. The Labute approximate surface area is 161 Å². The number of carbonyl (C=O) groups is 1. The van der Waals surface area contributed by atoms with Crippen LogP contribution in [0.5, 0.6) is 0 Å². The van der Waals surface area contributed by atoms with Crippen LogP contribution in [0.1, 0.15) is 28.8 Å². The highest BCUT2D eigenvalue weighted by Gasteiger charge is 2.16. The van der Waals surface area contributed by atoms with Crippen LogP contribution in [0.2, 0.25) is 0 Å². The van der Waals surface area contributed by atoms with Gasteiger partial charge in [0.1, 0.15) is 11.5 Å². The van der Waals surface area contributed by atoms with E-state index in [0.717, 1.165) is 22.8 Å². The molecule has 0 aliphatic rings. The minimum atomic E-state index is -3.54. The highest BCUT2D eigenvalue weighted by Crippen LogP contribution is 2.29. The number of furan rings is 1. The number of amides is 1. The molecule has 1 aromatic carbocycles. The van der Waals surface area contributed by atoms with Crippen molar-refractivity contribution >= 4 is 32.4 Å². The van der Waals surface area contributed by atoms with E-state index in [9.17, 15) is 13.2 Å². The van der Waals surface area contributed by atoms with E-state index in [1.165, 1.54) is 35.6 Å². The molecule has 0 saturated heterocycles. The van der Waals surface area contributed by atoms with E-state index in [1.54, 1.807) is 6.92 Å². The van der Waals surface area contributed by atoms with Gasteiger partial charge in [-0.05, 0) is 44.2 Å². The number of nitrogens with one attached hydrogen (secondary N) is 2. The van der Waals surface area contributed by atoms with Crippen molar-refractivity contribution in [3.8, 4) is 11.3 Å². The lowest BCUT2D eigenvalue weighted by Crippen LogP contribution is -2.23. The smallest absolute Gasteiger partial charge is 0.257 e. The molecule has 0 atom stereocenters. The van der Waals surface area contributed by atoms with Crippen LogP contribution in [0.4, 0.5) is 5.13 Å². The number of thiazole rings is 1. The van der Waals surface area contributed by atoms with Crippen LogP contribution in [0, 0.1) is 13.8 Å². The predicted octanol–water partition coefficient (Wildman–Crippen LogP) is 3.57. The topological polar surface area (TPSA) is 101 Å². The molecule has 1 amide bonds. The summed E-state index contributed by atoms with van der Waals surface area (Å²) in [4.78, 5) is 16.9. The number of carbonyl (C=O) groups excluding carboxylic acids is 1. The average molecular weight is 406 g/mol. The molecule has 0 saturated carbocycles. The van der Waals surface area contributed by atoms with Gasteiger partial charge >= 0.3 is 0 Å². The molecule has 2 N–H and O–H groups in total. The van der Waals surface area contributed by atoms with Crippen molar-refractivity contribution in [1.29, 1.82) is 0 Å². The molecule has 0 aliphatic carbocycles. The lowest BCUT2D eigenvalue weighted by molar-refractivity contribution is 0.102. The molecule has 7 nitrogen and oxygen atoms in total. The van der Waals surface area contributed by atoms with Gasteiger partial charge in [-0.25, -0.2) is 18.1 Å². The fourth-order valence-corrected chi connectivity index (χ4v) is 4.31. The number of hydrogen-bond acceptors (Lipinski definition) is 6. The molecule has 2 aromatic heterocycles. The molecule has 0 fully saturated rings. The van der Waals surface area contributed by atoms with Gasteiger partial charge in [0.05, 0.1) is 10.6 Å². The van der Waals surface area contributed by atoms with Crippen LogP contribution in [-0.4, -0.2) is 25.9 Å². The van der Waals surface area contributed by atoms with E-state index in [1.807, 2.05) is 25.3 Å². The first-order valence-electron chi connectivity index (χ1n) is 8.24. The third-order valence-corrected chi connectivity index (χ3v) is 6.12. The fraction of sp³-hybridized carbons (Fsp3) is 0.222. The maximum Gasteiger partial charge on any atom is 0.257 e. The van der Waals surface area contributed by atoms with Crippen molar-refractivity contribution in [2.24, 2.45) is 0 Å². The number of benzene rings is 1. The van der Waals surface area contributed by atoms with Gasteiger partial charge in [0.15, 0.2) is 5.13 Å². The summed E-state index contributed by atoms with van der Waals surface area (Å²) in [7, 11) is -3.54. The molecule has 3 rings (SSSR count). The van der Waals surface area contributed by atoms with Crippen LogP contribution in [0.25, 0.3) is 11.3 Å². The van der Waals surface area contributed by atoms with Gasteiger partial charge in [-0.15, -0.1) is 11.3 Å². The molecule has 142 valence electrons. The summed E-state index contributed by atoms with van der Waals surface area (Å²) in [6.07, 6.45) is 0. The number of anilines is 1. The van der Waals surface area contributed by atoms with Crippen molar-refractivity contribution < 1.29 is 17.6 Å². The lowest BCUT2D eigenvalue weighted by Gasteiger charge is -2.06. The second-order valence-corrected chi connectivity index (χ2v) is 8.47. The summed E-state index contributed by atoms with van der Waals surface area (Å²) >= 11 is 1.31. The predicted molar refractivity (Wildman–Crippen MR) is 105 cm³/mol. The molecule has 0 aliphatic heterocycles. The number of hydrogen-bond donors (Lipinski definition) is 2. The Morgan fingerprint density at radius 1 is 1.22 bits per heavy atom. The van der Waals surface area contributed by atoms with Crippen LogP contribution in [0.3, 0.4) is 0 Å². The maximum absolute atomic E-state index is 12.4. The minimum absolute atomic E-state index is 0.114. The second-order valence-electron chi connectivity index (χ2n) is 5.84. The van der Waals surface area contributed by atoms with Crippen LogP contribution < -0.4 is 10.0 Å². The van der Waals surface area contributed by atoms with E-state index in [2.05, 4.69) is 15.0 Å². The van der Waals surface area contributed by atoms with Gasteiger partial charge in [-0.3, -0.25) is 10.1 Å². The first-order valence-corrected chi connectivity index (χ1v) is 10.6. The van der Waals surface area contributed by atoms with Crippen molar-refractivity contribution in [1.82, 2.24) is 9.71 Å². The van der Waals surface area contributed by atoms with Crippen molar-refractivity contribution in [2.75, 3.05) is 11.9 Å². The molecule has 0 unspecified atom stereocenters. The van der Waals surface area contributed by atoms with Gasteiger partial charge in [-0.1, -0.05) is 6.92 Å². The summed E-state index contributed by atoms with van der Waals surface area (Å²) in [5, 5.41) is 5.03. The van der Waals surface area contributed by atoms with Gasteiger partial charge in [0.2, 0.25) is 10.0 Å². The van der Waals surface area contributed by atoms with E-state index >= 15 is 0 Å². The first kappa shape index (κ1) is 19.3. The molecule has 9 heteroatoms. The van der Waals surface area contributed by atoms with Gasteiger partial charge in [0, 0.05) is 23.1 Å². The van der Waals surface area contributed by atoms with Crippen LogP contribution >= 0.6 is 11.3 Å². The molecule has 27 heavy (non-hydrogen) atoms. The highest BCUT2D eigenvalue weighted by atomic mass is 32.2. The summed E-state index contributed by atoms with van der Waals surface area (Å²) in [6, 6.07) is 7.64. The van der Waals surface area contributed by atoms with Crippen LogP contribution in [-0.2, 0) is 10.0 Å². The van der Waals surface area contributed by atoms with Crippen molar-refractivity contribution in [3.05, 3.63) is 52.8 Å². The lowest BCUT2D eigenvalue weighted by atomic mass is 10.2. The molecule has 0 radical (unpaired) electrons. The average Bonchev–Trinajstić information content (AvgIpc) is 3.20. The van der Waals surface area contributed by atoms with E-state index in [-0.39, 0.29) is 10.8 Å². The Balaban J connectivity index is 1.74. The van der Waals surface area contributed by atoms with Gasteiger partial charge in [0.25, 0.3) is 5.91 Å². The van der Waals surface area contributed by atoms with E-state index in [0.29, 0.717) is 17.2 Å². The number of nitrogens with zero attached hydrogens (tertiary/aromatic N) is 1. The third-order valence-electron chi connectivity index (χ3n) is 3.80. The fourth-order valence-electron chi connectivity index (χ4n) is 2.57. The molecule has 0 spiro atoms. The largest absolute Gasteiger partial charge is 0.466 e. The van der Waals surface area contributed by atoms with Crippen molar-refractivity contribution in [3.63, 3.8) is 0 Å². The first-order chi connectivity index (χ1) is 12.8. The standard InChI is InChI=1S/C18H19N3O4S2/c1-4-19-27(23,24)14-7-5-13(6-8-14)17(22)21-18-20-16(10-26-18)15-9-11(2)25-12(15)3/h5-10,19H,4H2,1-3H3,(H,20,21,22). The van der Waals surface area contributed by atoms with Gasteiger partial charge < -0.3 is 4.42 Å². The summed E-state index contributed by atoms with van der Waals surface area (Å²) < 4.78 is 31.8. The minimum Gasteiger partial charge on any atom is -0.466 e. The quantitative estimate of drug-likeness (QED) is 0.653. The molecule has 0 bridgehead atoms. The van der Waals surface area contributed by atoms with Crippen molar-refractivity contribution in [2.45, 2.75) is 25.7 Å². The number of rotatable bonds is 6. The Kier molecular flexibility index (Phi) is 5.45. The summed E-state index contributed by atoms with van der Waals surface area (Å²) in [6.45, 7) is 5.73. The highest BCUT2D eigenvalue weighted by molar-refractivity contribution is 7.89. The Morgan fingerprint density at radius 3 is 2.52 bits per heavy atom. The molecular weight excluding hydrogens is 386 g/mol. The monoisotopic (exact) mass is 405 g/mol. The maximum atomic E-state index is 12.4. The normalized spacial score (nSPS) is 11.5. The second kappa shape index (κ2) is 7.63. The molecule has 3 aromatic rings. The van der Waals surface area contributed by atoms with Crippen LogP contribution in [0.15, 0.2) is 45.0 Å². The number of sulfonamides is 1. The van der Waals surface area contributed by atoms with Gasteiger partial charge in [-0.2, -0.15) is 0 Å². The zero-order valence-corrected chi connectivity index (χ0v) is 16.7. The number of aryl methyl sites for hydroxylation is 2. The molecular formula is C18H19N3O4S2. The Hall–Kier alpha value is -2.49. The van der Waals surface area contributed by atoms with E-state index < -0.39 is 10.0 Å². The third kappa shape index (κ3) is 4.26. The number of aromatic nitrogens is 1. The van der Waals surface area contributed by atoms with E-state index in [4.69, 9.17) is 4.42 Å².